The summed E-state index contributed by atoms with van der Waals surface area (Å²) >= 11 is 0. The third kappa shape index (κ3) is 1.77. The van der Waals surface area contributed by atoms with Crippen molar-refractivity contribution >= 4 is 11.9 Å². The van der Waals surface area contributed by atoms with Crippen molar-refractivity contribution in [2.45, 2.75) is 19.4 Å². The van der Waals surface area contributed by atoms with Gasteiger partial charge in [-0.05, 0) is 31.0 Å². The number of benzene rings is 1. The van der Waals surface area contributed by atoms with Crippen LogP contribution in [0.1, 0.15) is 18.1 Å². The molecule has 1 unspecified atom stereocenters. The van der Waals surface area contributed by atoms with Crippen LogP contribution >= 0.6 is 0 Å². The highest BCUT2D eigenvalue weighted by molar-refractivity contribution is 6.09. The van der Waals surface area contributed by atoms with Crippen LogP contribution in [0.2, 0.25) is 0 Å². The largest absolute Gasteiger partial charge is 0.338 e. The second-order valence-corrected chi connectivity index (χ2v) is 4.24. The first kappa shape index (κ1) is 11.6. The Morgan fingerprint density at radius 3 is 2.65 bits per heavy atom. The summed E-state index contributed by atoms with van der Waals surface area (Å²) in [6.45, 7) is 3.38. The molecule has 1 heterocycles. The van der Waals surface area contributed by atoms with Gasteiger partial charge in [-0.15, -0.1) is 0 Å². The van der Waals surface area contributed by atoms with Gasteiger partial charge in [0.25, 0.3) is 5.91 Å². The molecule has 4 nitrogen and oxygen atoms in total. The second-order valence-electron chi connectivity index (χ2n) is 4.24. The van der Waals surface area contributed by atoms with Gasteiger partial charge >= 0.3 is 0 Å². The van der Waals surface area contributed by atoms with Crippen molar-refractivity contribution in [2.24, 2.45) is 4.99 Å². The van der Waals surface area contributed by atoms with Crippen LogP contribution < -0.4 is 10.6 Å². The molecule has 1 fully saturated rings. The van der Waals surface area contributed by atoms with Gasteiger partial charge in [0.15, 0.2) is 5.96 Å². The molecule has 1 saturated heterocycles. The number of hydrogen-bond donors (Lipinski definition) is 2. The first-order valence-corrected chi connectivity index (χ1v) is 5.30. The van der Waals surface area contributed by atoms with Crippen LogP contribution in [0.5, 0.6) is 0 Å². The minimum atomic E-state index is -0.969. The lowest BCUT2D eigenvalue weighted by atomic mass is 9.91. The van der Waals surface area contributed by atoms with Crippen molar-refractivity contribution in [1.29, 1.82) is 0 Å². The van der Waals surface area contributed by atoms with Gasteiger partial charge in [0.2, 0.25) is 0 Å². The third-order valence-electron chi connectivity index (χ3n) is 3.03. The first-order chi connectivity index (χ1) is 7.97. The summed E-state index contributed by atoms with van der Waals surface area (Å²) < 4.78 is 13.5. The van der Waals surface area contributed by atoms with Gasteiger partial charge in [-0.25, -0.2) is 4.39 Å². The number of nitrogens with one attached hydrogen (secondary N) is 2. The normalized spacial score (nSPS) is 25.9. The van der Waals surface area contributed by atoms with Gasteiger partial charge in [0, 0.05) is 7.05 Å². The maximum atomic E-state index is 13.5. The van der Waals surface area contributed by atoms with Crippen molar-refractivity contribution in [2.75, 3.05) is 7.05 Å². The van der Waals surface area contributed by atoms with E-state index in [1.807, 2.05) is 0 Å². The van der Waals surface area contributed by atoms with Crippen molar-refractivity contribution in [3.05, 3.63) is 35.1 Å². The van der Waals surface area contributed by atoms with E-state index in [-0.39, 0.29) is 11.7 Å². The van der Waals surface area contributed by atoms with Crippen LogP contribution in [0.15, 0.2) is 23.2 Å². The number of nitrogens with zero attached hydrogens (tertiary/aromatic N) is 1. The lowest BCUT2D eigenvalue weighted by Crippen LogP contribution is -2.40. The van der Waals surface area contributed by atoms with Gasteiger partial charge in [-0.1, -0.05) is 12.1 Å². The summed E-state index contributed by atoms with van der Waals surface area (Å²) in [6.07, 6.45) is 0. The molecular formula is C12H14FN3O. The lowest BCUT2D eigenvalue weighted by molar-refractivity contribution is -0.123. The third-order valence-corrected chi connectivity index (χ3v) is 3.03. The minimum Gasteiger partial charge on any atom is -0.338 e. The van der Waals surface area contributed by atoms with Gasteiger partial charge < -0.3 is 5.32 Å². The molecule has 0 radical (unpaired) electrons. The second kappa shape index (κ2) is 3.84. The minimum absolute atomic E-state index is 0.235. The summed E-state index contributed by atoms with van der Waals surface area (Å²) in [4.78, 5) is 15.8. The van der Waals surface area contributed by atoms with Gasteiger partial charge in [-0.3, -0.25) is 15.1 Å². The van der Waals surface area contributed by atoms with Crippen molar-refractivity contribution < 1.29 is 9.18 Å². The van der Waals surface area contributed by atoms with Gasteiger partial charge in [-0.2, -0.15) is 0 Å². The summed E-state index contributed by atoms with van der Waals surface area (Å²) in [6, 6.07) is 4.77. The summed E-state index contributed by atoms with van der Waals surface area (Å²) in [7, 11) is 1.57. The highest BCUT2D eigenvalue weighted by Crippen LogP contribution is 2.25. The van der Waals surface area contributed by atoms with E-state index in [2.05, 4.69) is 15.6 Å². The average molecular weight is 235 g/mol. The van der Waals surface area contributed by atoms with E-state index in [9.17, 15) is 9.18 Å². The average Bonchev–Trinajstić information content (AvgIpc) is 2.60. The Morgan fingerprint density at radius 2 is 2.12 bits per heavy atom. The maximum Gasteiger partial charge on any atom is 0.256 e. The Kier molecular flexibility index (Phi) is 2.61. The highest BCUT2D eigenvalue weighted by atomic mass is 19.1. The van der Waals surface area contributed by atoms with Gasteiger partial charge in [0.1, 0.15) is 11.4 Å². The zero-order valence-electron chi connectivity index (χ0n) is 9.97. The van der Waals surface area contributed by atoms with E-state index in [0.29, 0.717) is 17.1 Å². The van der Waals surface area contributed by atoms with Crippen LogP contribution in [-0.4, -0.2) is 18.9 Å². The highest BCUT2D eigenvalue weighted by Gasteiger charge is 2.42. The zero-order chi connectivity index (χ0) is 12.6. The molecule has 17 heavy (non-hydrogen) atoms. The molecule has 1 aliphatic heterocycles. The molecule has 0 aliphatic carbocycles. The molecule has 5 heteroatoms. The molecule has 90 valence electrons. The number of amides is 1. The van der Waals surface area contributed by atoms with Crippen molar-refractivity contribution in [1.82, 2.24) is 10.6 Å². The number of carbonyl (C=O) groups is 1. The standard InChI is InChI=1S/C12H14FN3O/c1-7-4-5-8(6-9(7)13)12(2)10(17)15-11(14-3)16-12/h4-6H,1-3H3,(H2,14,15,16,17). The Morgan fingerprint density at radius 1 is 1.41 bits per heavy atom. The molecule has 1 atom stereocenters. The summed E-state index contributed by atoms with van der Waals surface area (Å²) in [5.74, 6) is -0.153. The lowest BCUT2D eigenvalue weighted by Gasteiger charge is -2.21. The molecular weight excluding hydrogens is 221 g/mol. The van der Waals surface area contributed by atoms with E-state index < -0.39 is 5.54 Å². The smallest absolute Gasteiger partial charge is 0.256 e. The van der Waals surface area contributed by atoms with Crippen LogP contribution in [0.25, 0.3) is 0 Å². The quantitative estimate of drug-likeness (QED) is 0.764. The molecule has 0 spiro atoms. The van der Waals surface area contributed by atoms with Crippen molar-refractivity contribution in [3.63, 3.8) is 0 Å². The number of halogens is 1. The molecule has 1 aromatic rings. The maximum absolute atomic E-state index is 13.5. The number of rotatable bonds is 1. The topological polar surface area (TPSA) is 53.5 Å². The Hall–Kier alpha value is -1.91. The number of aryl methyl sites for hydroxylation is 1. The Bertz CT molecular complexity index is 512. The molecule has 0 bridgehead atoms. The molecule has 0 aromatic heterocycles. The molecule has 1 aromatic carbocycles. The molecule has 0 saturated carbocycles. The Balaban J connectivity index is 2.45. The van der Waals surface area contributed by atoms with Crippen LogP contribution in [0.4, 0.5) is 4.39 Å². The van der Waals surface area contributed by atoms with E-state index in [0.717, 1.165) is 0 Å². The first-order valence-electron chi connectivity index (χ1n) is 5.30. The fourth-order valence-corrected chi connectivity index (χ4v) is 1.78. The molecule has 1 aliphatic rings. The summed E-state index contributed by atoms with van der Waals surface area (Å²) in [5.41, 5.74) is 0.167. The monoisotopic (exact) mass is 235 g/mol. The number of aliphatic imine (C=N–C) groups is 1. The predicted octanol–water partition coefficient (Wildman–Crippen LogP) is 1.05. The van der Waals surface area contributed by atoms with E-state index in [1.54, 1.807) is 33.0 Å². The van der Waals surface area contributed by atoms with E-state index in [4.69, 9.17) is 0 Å². The number of hydrogen-bond acceptors (Lipinski definition) is 2. The van der Waals surface area contributed by atoms with Crippen molar-refractivity contribution in [3.8, 4) is 0 Å². The van der Waals surface area contributed by atoms with Crippen LogP contribution in [0.3, 0.4) is 0 Å². The predicted molar refractivity (Wildman–Crippen MR) is 63.1 cm³/mol. The SMILES string of the molecule is CN=C1NC(=O)C(C)(c2ccc(C)c(F)c2)N1. The molecule has 2 N–H and O–H groups in total. The van der Waals surface area contributed by atoms with E-state index >= 15 is 0 Å². The zero-order valence-corrected chi connectivity index (χ0v) is 9.97. The van der Waals surface area contributed by atoms with Crippen LogP contribution in [0, 0.1) is 12.7 Å². The number of guanidine groups is 1. The fraction of sp³-hybridized carbons (Fsp3) is 0.333. The fourth-order valence-electron chi connectivity index (χ4n) is 1.78. The van der Waals surface area contributed by atoms with Gasteiger partial charge in [0.05, 0.1) is 0 Å². The van der Waals surface area contributed by atoms with E-state index in [1.165, 1.54) is 6.07 Å². The van der Waals surface area contributed by atoms with Crippen LogP contribution in [-0.2, 0) is 10.3 Å². The Labute approximate surface area is 98.9 Å². The number of carbonyl (C=O) groups excluding carboxylic acids is 1. The molecule has 2 rings (SSSR count). The molecule has 1 amide bonds. The summed E-state index contributed by atoms with van der Waals surface area (Å²) in [5, 5.41) is 5.56.